The molecule has 3 N–H and O–H groups in total. The molecule has 0 saturated heterocycles. The third kappa shape index (κ3) is 2.91. The molecule has 0 fully saturated rings. The molecule has 0 aromatic carbocycles. The summed E-state index contributed by atoms with van der Waals surface area (Å²) in [7, 11) is 1.95. The van der Waals surface area contributed by atoms with Crippen LogP contribution in [0.3, 0.4) is 0 Å². The van der Waals surface area contributed by atoms with Crippen LogP contribution < -0.4 is 11.1 Å². The van der Waals surface area contributed by atoms with E-state index in [0.29, 0.717) is 5.82 Å². The van der Waals surface area contributed by atoms with Gasteiger partial charge in [0.1, 0.15) is 10.8 Å². The lowest BCUT2D eigenvalue weighted by Crippen LogP contribution is -2.08. The van der Waals surface area contributed by atoms with Crippen LogP contribution >= 0.6 is 22.9 Å². The Bertz CT molecular complexity index is 742. The third-order valence-electron chi connectivity index (χ3n) is 3.18. The van der Waals surface area contributed by atoms with E-state index in [9.17, 15) is 0 Å². The van der Waals surface area contributed by atoms with Crippen molar-refractivity contribution in [3.05, 3.63) is 28.3 Å². The van der Waals surface area contributed by atoms with Crippen LogP contribution in [0.25, 0.3) is 11.3 Å². The van der Waals surface area contributed by atoms with Crippen LogP contribution in [0.15, 0.2) is 17.6 Å². The van der Waals surface area contributed by atoms with Crippen molar-refractivity contribution in [3.8, 4) is 11.3 Å². The number of rotatable bonds is 5. The number of anilines is 2. The Labute approximate surface area is 130 Å². The fraction of sp³-hybridized carbons (Fsp3) is 0.308. The number of nitrogens with two attached hydrogens (primary N) is 1. The second kappa shape index (κ2) is 5.82. The predicted octanol–water partition coefficient (Wildman–Crippen LogP) is 2.55. The molecular formula is C13H16N6S2. The molecule has 0 saturated carbocycles. The summed E-state index contributed by atoms with van der Waals surface area (Å²) in [5.41, 5.74) is 8.98. The molecule has 0 aliphatic rings. The molecule has 110 valence electrons. The van der Waals surface area contributed by atoms with E-state index in [-0.39, 0.29) is 0 Å². The summed E-state index contributed by atoms with van der Waals surface area (Å²) in [6, 6.07) is 2.02. The Morgan fingerprint density at radius 2 is 2.29 bits per heavy atom. The van der Waals surface area contributed by atoms with Crippen molar-refractivity contribution in [2.45, 2.75) is 13.3 Å². The Morgan fingerprint density at radius 1 is 1.43 bits per heavy atom. The van der Waals surface area contributed by atoms with Gasteiger partial charge < -0.3 is 11.1 Å². The van der Waals surface area contributed by atoms with Crippen LogP contribution in [0.5, 0.6) is 0 Å². The maximum atomic E-state index is 5.98. The number of hydrogen-bond donors (Lipinski definition) is 2. The van der Waals surface area contributed by atoms with Gasteiger partial charge in [0.05, 0.1) is 16.3 Å². The van der Waals surface area contributed by atoms with Gasteiger partial charge in [-0.25, -0.2) is 4.98 Å². The van der Waals surface area contributed by atoms with Gasteiger partial charge in [-0.1, -0.05) is 0 Å². The lowest BCUT2D eigenvalue weighted by atomic mass is 10.2. The van der Waals surface area contributed by atoms with Gasteiger partial charge in [-0.3, -0.25) is 4.68 Å². The van der Waals surface area contributed by atoms with E-state index in [2.05, 4.69) is 19.8 Å². The number of aryl methyl sites for hydroxylation is 2. The van der Waals surface area contributed by atoms with Crippen LogP contribution in [0.2, 0.25) is 0 Å². The molecular weight excluding hydrogens is 304 g/mol. The zero-order valence-electron chi connectivity index (χ0n) is 11.8. The lowest BCUT2D eigenvalue weighted by Gasteiger charge is -2.06. The molecule has 0 atom stereocenters. The first-order valence-corrected chi connectivity index (χ1v) is 8.19. The Kier molecular flexibility index (Phi) is 3.89. The standard InChI is InChI=1S/C13H16N6S2/c1-8-17-10(7-20-8)11-12(14)18-21-13(11)15-5-3-9-4-6-16-19(9)2/h4,6-7,15H,3,5H2,1-2H3,(H2,14,18). The molecule has 8 heteroatoms. The highest BCUT2D eigenvalue weighted by Gasteiger charge is 2.16. The van der Waals surface area contributed by atoms with E-state index in [4.69, 9.17) is 5.73 Å². The van der Waals surface area contributed by atoms with Gasteiger partial charge in [0.15, 0.2) is 0 Å². The van der Waals surface area contributed by atoms with Crippen LogP contribution in [0.4, 0.5) is 10.8 Å². The van der Waals surface area contributed by atoms with Crippen molar-refractivity contribution in [2.75, 3.05) is 17.6 Å². The van der Waals surface area contributed by atoms with Crippen LogP contribution in [-0.2, 0) is 13.5 Å². The molecule has 0 aliphatic carbocycles. The molecule has 3 heterocycles. The highest BCUT2D eigenvalue weighted by molar-refractivity contribution is 7.11. The molecule has 3 rings (SSSR count). The zero-order valence-corrected chi connectivity index (χ0v) is 13.5. The summed E-state index contributed by atoms with van der Waals surface area (Å²) < 4.78 is 6.12. The van der Waals surface area contributed by atoms with Gasteiger partial charge in [-0.05, 0) is 24.5 Å². The summed E-state index contributed by atoms with van der Waals surface area (Å²) in [5, 5.41) is 11.6. The molecule has 0 aliphatic heterocycles. The van der Waals surface area contributed by atoms with E-state index in [1.165, 1.54) is 17.2 Å². The minimum absolute atomic E-state index is 0.535. The van der Waals surface area contributed by atoms with E-state index in [1.54, 1.807) is 11.3 Å². The highest BCUT2D eigenvalue weighted by Crippen LogP contribution is 2.36. The summed E-state index contributed by atoms with van der Waals surface area (Å²) >= 11 is 2.99. The number of thiazole rings is 1. The number of hydrogen-bond acceptors (Lipinski definition) is 7. The molecule has 0 radical (unpaired) electrons. The average molecular weight is 320 g/mol. The van der Waals surface area contributed by atoms with Crippen molar-refractivity contribution in [1.29, 1.82) is 0 Å². The fourth-order valence-corrected chi connectivity index (χ4v) is 3.45. The van der Waals surface area contributed by atoms with Crippen molar-refractivity contribution in [3.63, 3.8) is 0 Å². The zero-order chi connectivity index (χ0) is 14.8. The molecule has 0 unspecified atom stereocenters. The van der Waals surface area contributed by atoms with Crippen molar-refractivity contribution < 1.29 is 0 Å². The first-order chi connectivity index (χ1) is 10.1. The van der Waals surface area contributed by atoms with Gasteiger partial charge in [-0.15, -0.1) is 11.3 Å². The molecule has 21 heavy (non-hydrogen) atoms. The van der Waals surface area contributed by atoms with E-state index >= 15 is 0 Å². The number of nitrogens with zero attached hydrogens (tertiary/aromatic N) is 4. The first kappa shape index (κ1) is 14.0. The summed E-state index contributed by atoms with van der Waals surface area (Å²) in [6.45, 7) is 2.79. The maximum Gasteiger partial charge on any atom is 0.148 e. The van der Waals surface area contributed by atoms with Crippen LogP contribution in [0, 0.1) is 6.92 Å². The summed E-state index contributed by atoms with van der Waals surface area (Å²) in [4.78, 5) is 4.50. The monoisotopic (exact) mass is 320 g/mol. The van der Waals surface area contributed by atoms with Gasteiger partial charge >= 0.3 is 0 Å². The van der Waals surface area contributed by atoms with Crippen LogP contribution in [-0.4, -0.2) is 25.7 Å². The fourth-order valence-electron chi connectivity index (χ4n) is 2.10. The van der Waals surface area contributed by atoms with Crippen molar-refractivity contribution in [1.82, 2.24) is 19.1 Å². The first-order valence-electron chi connectivity index (χ1n) is 6.53. The lowest BCUT2D eigenvalue weighted by molar-refractivity contribution is 0.711. The quantitative estimate of drug-likeness (QED) is 0.755. The third-order valence-corrected chi connectivity index (χ3v) is 4.78. The van der Waals surface area contributed by atoms with Crippen molar-refractivity contribution in [2.24, 2.45) is 7.05 Å². The maximum absolute atomic E-state index is 5.98. The minimum atomic E-state index is 0.535. The normalized spacial score (nSPS) is 11.0. The summed E-state index contributed by atoms with van der Waals surface area (Å²) in [6.07, 6.45) is 2.70. The Hall–Kier alpha value is -1.93. The Morgan fingerprint density at radius 3 is 2.95 bits per heavy atom. The van der Waals surface area contributed by atoms with E-state index < -0.39 is 0 Å². The van der Waals surface area contributed by atoms with Gasteiger partial charge in [0.2, 0.25) is 0 Å². The molecule has 0 spiro atoms. The van der Waals surface area contributed by atoms with E-state index in [0.717, 1.165) is 34.2 Å². The minimum Gasteiger partial charge on any atom is -0.382 e. The van der Waals surface area contributed by atoms with Gasteiger partial charge in [0, 0.05) is 37.3 Å². The number of aromatic nitrogens is 4. The Balaban J connectivity index is 1.73. The molecule has 0 bridgehead atoms. The second-order valence-corrected chi connectivity index (χ2v) is 6.48. The summed E-state index contributed by atoms with van der Waals surface area (Å²) in [5.74, 6) is 0.535. The highest BCUT2D eigenvalue weighted by atomic mass is 32.1. The molecule has 3 aromatic heterocycles. The smallest absolute Gasteiger partial charge is 0.148 e. The SMILES string of the molecule is Cc1nc(-c2c(N)nsc2NCCc2ccnn2C)cs1. The van der Waals surface area contributed by atoms with Crippen molar-refractivity contribution >= 4 is 33.7 Å². The van der Waals surface area contributed by atoms with Crippen LogP contribution in [0.1, 0.15) is 10.7 Å². The number of nitrogens with one attached hydrogen (secondary N) is 1. The van der Waals surface area contributed by atoms with Gasteiger partial charge in [0.25, 0.3) is 0 Å². The van der Waals surface area contributed by atoms with E-state index in [1.807, 2.05) is 36.3 Å². The molecule has 6 nitrogen and oxygen atoms in total. The number of nitrogen functional groups attached to an aromatic ring is 1. The predicted molar refractivity (Wildman–Crippen MR) is 87.8 cm³/mol. The second-order valence-electron chi connectivity index (χ2n) is 4.65. The molecule has 3 aromatic rings. The van der Waals surface area contributed by atoms with Gasteiger partial charge in [-0.2, -0.15) is 9.47 Å². The average Bonchev–Trinajstić information content (AvgIpc) is 3.13. The topological polar surface area (TPSA) is 81.7 Å². The molecule has 0 amide bonds. The largest absolute Gasteiger partial charge is 0.382 e.